The Morgan fingerprint density at radius 3 is 1.20 bits per heavy atom. The fourth-order valence-corrected chi connectivity index (χ4v) is 5.19. The molecular formula is C36H48N8O20. The van der Waals surface area contributed by atoms with Crippen molar-refractivity contribution in [2.24, 2.45) is 5.73 Å². The maximum atomic E-state index is 13.7. The summed E-state index contributed by atoms with van der Waals surface area (Å²) in [4.78, 5) is 159. The van der Waals surface area contributed by atoms with Crippen molar-refractivity contribution in [2.75, 3.05) is 0 Å². The molecule has 0 spiro atoms. The van der Waals surface area contributed by atoms with Crippen LogP contribution in [-0.4, -0.2) is 161 Å². The zero-order valence-electron chi connectivity index (χ0n) is 33.9. The highest BCUT2D eigenvalue weighted by Gasteiger charge is 2.35. The first kappa shape index (κ1) is 54.1. The van der Waals surface area contributed by atoms with Gasteiger partial charge in [-0.2, -0.15) is 0 Å². The number of phenolic OH excluding ortho intramolecular Hbond substituents is 1. The van der Waals surface area contributed by atoms with Crippen LogP contribution in [0.3, 0.4) is 0 Å². The molecule has 16 N–H and O–H groups in total. The number of carbonyl (C=O) groups is 13. The number of rotatable bonds is 28. The van der Waals surface area contributed by atoms with Crippen molar-refractivity contribution in [3.8, 4) is 5.75 Å². The normalized spacial score (nSPS) is 14.4. The van der Waals surface area contributed by atoms with Gasteiger partial charge in [-0.05, 0) is 38.0 Å². The minimum absolute atomic E-state index is 0.209. The van der Waals surface area contributed by atoms with Crippen LogP contribution in [-0.2, 0) is 68.7 Å². The summed E-state index contributed by atoms with van der Waals surface area (Å²) in [5, 5.41) is 79.2. The lowest BCUT2D eigenvalue weighted by Gasteiger charge is -2.26. The number of nitrogens with one attached hydrogen (secondary N) is 7. The molecule has 8 atom stereocenters. The predicted octanol–water partition coefficient (Wildman–Crippen LogP) is -5.46. The second kappa shape index (κ2) is 25.8. The first-order valence-electron chi connectivity index (χ1n) is 18.7. The number of aromatic hydroxyl groups is 1. The van der Waals surface area contributed by atoms with Crippen LogP contribution >= 0.6 is 0 Å². The predicted molar refractivity (Wildman–Crippen MR) is 208 cm³/mol. The molecule has 0 saturated heterocycles. The number of aliphatic carboxylic acids is 6. The summed E-state index contributed by atoms with van der Waals surface area (Å²) >= 11 is 0. The third-order valence-electron chi connectivity index (χ3n) is 8.55. The van der Waals surface area contributed by atoms with E-state index in [1.54, 1.807) is 5.32 Å². The van der Waals surface area contributed by atoms with Crippen LogP contribution in [0.1, 0.15) is 57.9 Å². The molecule has 0 fully saturated rings. The largest absolute Gasteiger partial charge is 0.508 e. The third-order valence-corrected chi connectivity index (χ3v) is 8.55. The van der Waals surface area contributed by atoms with Crippen LogP contribution in [0.15, 0.2) is 24.3 Å². The van der Waals surface area contributed by atoms with Crippen molar-refractivity contribution in [2.45, 2.75) is 107 Å². The van der Waals surface area contributed by atoms with Gasteiger partial charge in [0, 0.05) is 12.8 Å². The number of phenols is 1. The lowest BCUT2D eigenvalue weighted by molar-refractivity contribution is -0.148. The van der Waals surface area contributed by atoms with E-state index in [9.17, 15) is 87.9 Å². The van der Waals surface area contributed by atoms with Crippen molar-refractivity contribution in [3.63, 3.8) is 0 Å². The van der Waals surface area contributed by atoms with Gasteiger partial charge in [0.2, 0.25) is 41.4 Å². The van der Waals surface area contributed by atoms with Crippen LogP contribution in [0.2, 0.25) is 0 Å². The zero-order valence-corrected chi connectivity index (χ0v) is 33.9. The molecule has 0 saturated carbocycles. The maximum absolute atomic E-state index is 13.7. The monoisotopic (exact) mass is 912 g/mol. The average molecular weight is 913 g/mol. The summed E-state index contributed by atoms with van der Waals surface area (Å²) in [5.74, 6) is -18.6. The average Bonchev–Trinajstić information content (AvgIpc) is 3.18. The maximum Gasteiger partial charge on any atom is 0.326 e. The second-order valence-corrected chi connectivity index (χ2v) is 13.9. The van der Waals surface area contributed by atoms with Gasteiger partial charge in [-0.15, -0.1) is 0 Å². The van der Waals surface area contributed by atoms with E-state index in [2.05, 4.69) is 26.6 Å². The standard InChI is InChI=1S/C36H48N8O20/c1-14(29(56)38-15(2)30(57)40-21(11-26(50)51)35(62)44-23(36(63)64)13-28(54)55)39-32(59)20(10-25(48)49)43-33(60)19(9-16-3-5-17(45)6-4-16)42-34(61)22(12-27(52)53)41-31(58)18(37)7-8-24(46)47/h3-6,14-15,18-23,45H,7-13,37H2,1-2H3,(H,38,56)(H,39,59)(H,40,57)(H,41,58)(H,42,61)(H,43,60)(H,44,62)(H,46,47)(H,48,49)(H,50,51)(H,52,53)(H,54,55)(H,63,64)/t14-,15-,18-,19-,20-,21-,22-,23-/m0/s1. The Labute approximate surface area is 360 Å². The third kappa shape index (κ3) is 20.1. The van der Waals surface area contributed by atoms with Crippen molar-refractivity contribution in [1.29, 1.82) is 0 Å². The fourth-order valence-electron chi connectivity index (χ4n) is 5.19. The number of carbonyl (C=O) groups excluding carboxylic acids is 7. The van der Waals surface area contributed by atoms with E-state index in [0.717, 1.165) is 13.8 Å². The minimum atomic E-state index is -2.02. The van der Waals surface area contributed by atoms with Gasteiger partial charge in [-0.3, -0.25) is 57.5 Å². The van der Waals surface area contributed by atoms with Crippen LogP contribution in [0.5, 0.6) is 5.75 Å². The van der Waals surface area contributed by atoms with Crippen LogP contribution in [0, 0.1) is 0 Å². The molecule has 0 aliphatic heterocycles. The molecule has 352 valence electrons. The van der Waals surface area contributed by atoms with E-state index >= 15 is 0 Å². The Morgan fingerprint density at radius 1 is 0.453 bits per heavy atom. The molecule has 1 aromatic rings. The van der Waals surface area contributed by atoms with Gasteiger partial charge < -0.3 is 78.7 Å². The fraction of sp³-hybridized carbons (Fsp3) is 0.472. The molecule has 0 unspecified atom stereocenters. The number of amides is 7. The number of nitrogens with two attached hydrogens (primary N) is 1. The molecule has 0 bridgehead atoms. The van der Waals surface area contributed by atoms with Crippen molar-refractivity contribution in [1.82, 2.24) is 37.2 Å². The smallest absolute Gasteiger partial charge is 0.326 e. The molecule has 1 aromatic carbocycles. The number of carboxylic acid groups (broad SMARTS) is 6. The number of hydrogen-bond donors (Lipinski definition) is 15. The second-order valence-electron chi connectivity index (χ2n) is 13.9. The molecular weight excluding hydrogens is 864 g/mol. The molecule has 0 aliphatic carbocycles. The summed E-state index contributed by atoms with van der Waals surface area (Å²) in [5.41, 5.74) is 5.91. The zero-order chi connectivity index (χ0) is 49.0. The van der Waals surface area contributed by atoms with Gasteiger partial charge in [0.15, 0.2) is 0 Å². The lowest BCUT2D eigenvalue weighted by Crippen LogP contribution is -2.60. The van der Waals surface area contributed by atoms with Gasteiger partial charge in [-0.1, -0.05) is 12.1 Å². The van der Waals surface area contributed by atoms with Crippen molar-refractivity contribution >= 4 is 77.2 Å². The van der Waals surface area contributed by atoms with E-state index < -0.39 is 170 Å². The Morgan fingerprint density at radius 2 is 0.781 bits per heavy atom. The van der Waals surface area contributed by atoms with Crippen LogP contribution in [0.4, 0.5) is 0 Å². The highest BCUT2D eigenvalue weighted by atomic mass is 16.4. The van der Waals surface area contributed by atoms with Crippen molar-refractivity contribution < 1.29 is 98.1 Å². The highest BCUT2D eigenvalue weighted by Crippen LogP contribution is 2.13. The van der Waals surface area contributed by atoms with Crippen LogP contribution < -0.4 is 43.0 Å². The van der Waals surface area contributed by atoms with Gasteiger partial charge in [0.25, 0.3) is 0 Å². The van der Waals surface area contributed by atoms with Crippen LogP contribution in [0.25, 0.3) is 0 Å². The topological polar surface area (TPSA) is 474 Å². The van der Waals surface area contributed by atoms with E-state index in [1.165, 1.54) is 24.3 Å². The Balaban J connectivity index is 3.24. The summed E-state index contributed by atoms with van der Waals surface area (Å²) in [6.45, 7) is 2.09. The number of benzene rings is 1. The van der Waals surface area contributed by atoms with E-state index in [4.69, 9.17) is 15.9 Å². The summed E-state index contributed by atoms with van der Waals surface area (Å²) in [7, 11) is 0. The number of carboxylic acids is 6. The van der Waals surface area contributed by atoms with Gasteiger partial charge in [0.05, 0.1) is 31.7 Å². The Kier molecular flexibility index (Phi) is 21.8. The molecule has 64 heavy (non-hydrogen) atoms. The minimum Gasteiger partial charge on any atom is -0.508 e. The molecule has 0 aliphatic rings. The quantitative estimate of drug-likeness (QED) is 0.0373. The van der Waals surface area contributed by atoms with Gasteiger partial charge in [0.1, 0.15) is 48.0 Å². The van der Waals surface area contributed by atoms with Gasteiger partial charge >= 0.3 is 35.8 Å². The molecule has 0 aromatic heterocycles. The SMILES string of the molecule is C[C@H](NC(=O)[C@H](C)NC(=O)[C@H](CC(=O)O)NC(=O)[C@H](Cc1ccc(O)cc1)NC(=O)[C@H](CC(=O)O)NC(=O)[C@@H](N)CCC(=O)O)C(=O)N[C@@H](CC(=O)O)C(=O)N[C@@H](CC(=O)O)C(=O)O. The van der Waals surface area contributed by atoms with Crippen molar-refractivity contribution in [3.05, 3.63) is 29.8 Å². The molecule has 7 amide bonds. The summed E-state index contributed by atoms with van der Waals surface area (Å²) < 4.78 is 0. The molecule has 28 nitrogen and oxygen atoms in total. The summed E-state index contributed by atoms with van der Waals surface area (Å²) in [6.07, 6.45) is -5.85. The molecule has 0 heterocycles. The van der Waals surface area contributed by atoms with E-state index in [1.807, 2.05) is 5.32 Å². The van der Waals surface area contributed by atoms with Gasteiger partial charge in [-0.25, -0.2) is 4.79 Å². The molecule has 28 heteroatoms. The van der Waals surface area contributed by atoms with E-state index in [-0.39, 0.29) is 11.3 Å². The summed E-state index contributed by atoms with van der Waals surface area (Å²) in [6, 6.07) is -9.41. The first-order chi connectivity index (χ1) is 29.7. The highest BCUT2D eigenvalue weighted by molar-refractivity contribution is 5.99. The first-order valence-corrected chi connectivity index (χ1v) is 18.7. The lowest BCUT2D eigenvalue weighted by atomic mass is 10.0. The Bertz CT molecular complexity index is 1960. The van der Waals surface area contributed by atoms with E-state index in [0.29, 0.717) is 0 Å². The Hall–Kier alpha value is -7.91. The molecule has 1 rings (SSSR count). The number of hydrogen-bond acceptors (Lipinski definition) is 15. The molecule has 0 radical (unpaired) electrons.